The van der Waals surface area contributed by atoms with E-state index >= 15 is 0 Å². The Balaban J connectivity index is 2.33. The van der Waals surface area contributed by atoms with Crippen molar-refractivity contribution in [3.63, 3.8) is 0 Å². The summed E-state index contributed by atoms with van der Waals surface area (Å²) in [5, 5.41) is 0. The molecule has 0 aliphatic carbocycles. The van der Waals surface area contributed by atoms with Gasteiger partial charge in [-0.15, -0.1) is 0 Å². The fourth-order valence-corrected chi connectivity index (χ4v) is 1.83. The van der Waals surface area contributed by atoms with E-state index in [9.17, 15) is 4.79 Å². The van der Waals surface area contributed by atoms with Crippen LogP contribution < -0.4 is 5.73 Å². The first-order valence-electron chi connectivity index (χ1n) is 5.44. The lowest BCUT2D eigenvalue weighted by atomic mass is 9.93. The van der Waals surface area contributed by atoms with E-state index in [4.69, 9.17) is 5.73 Å². The maximum Gasteiger partial charge on any atom is 0.222 e. The van der Waals surface area contributed by atoms with Gasteiger partial charge in [-0.2, -0.15) is 0 Å². The topological polar surface area (TPSA) is 46.3 Å². The summed E-state index contributed by atoms with van der Waals surface area (Å²) in [6.07, 6.45) is 2.53. The molecule has 1 saturated heterocycles. The summed E-state index contributed by atoms with van der Waals surface area (Å²) in [6, 6.07) is 0.134. The summed E-state index contributed by atoms with van der Waals surface area (Å²) in [5.41, 5.74) is 5.93. The number of rotatable bonds is 3. The Hall–Kier alpha value is -0.570. The molecule has 14 heavy (non-hydrogen) atoms. The van der Waals surface area contributed by atoms with Crippen molar-refractivity contribution in [3.8, 4) is 0 Å². The Labute approximate surface area is 86.6 Å². The van der Waals surface area contributed by atoms with Crippen molar-refractivity contribution in [3.05, 3.63) is 0 Å². The van der Waals surface area contributed by atoms with Crippen LogP contribution >= 0.6 is 0 Å². The second-order valence-electron chi connectivity index (χ2n) is 5.25. The van der Waals surface area contributed by atoms with Crippen molar-refractivity contribution >= 4 is 5.91 Å². The summed E-state index contributed by atoms with van der Waals surface area (Å²) < 4.78 is 0. The molecule has 0 radical (unpaired) electrons. The molecule has 0 spiro atoms. The molecule has 1 fully saturated rings. The molecule has 0 aromatic carbocycles. The van der Waals surface area contributed by atoms with Crippen molar-refractivity contribution < 1.29 is 4.79 Å². The number of amides is 1. The van der Waals surface area contributed by atoms with Gasteiger partial charge in [0.05, 0.1) is 0 Å². The van der Waals surface area contributed by atoms with E-state index in [0.717, 1.165) is 25.9 Å². The van der Waals surface area contributed by atoms with Gasteiger partial charge in [0.25, 0.3) is 0 Å². The van der Waals surface area contributed by atoms with Crippen LogP contribution in [-0.2, 0) is 4.79 Å². The Morgan fingerprint density at radius 1 is 1.57 bits per heavy atom. The second-order valence-corrected chi connectivity index (χ2v) is 5.25. The lowest BCUT2D eigenvalue weighted by Gasteiger charge is -2.20. The summed E-state index contributed by atoms with van der Waals surface area (Å²) in [6.45, 7) is 8.20. The summed E-state index contributed by atoms with van der Waals surface area (Å²) in [5.74, 6) is 0.271. The van der Waals surface area contributed by atoms with Crippen molar-refractivity contribution in [2.24, 2.45) is 11.1 Å². The summed E-state index contributed by atoms with van der Waals surface area (Å²) in [7, 11) is 0. The van der Waals surface area contributed by atoms with Crippen molar-refractivity contribution in [1.82, 2.24) is 4.90 Å². The average Bonchev–Trinajstić information content (AvgIpc) is 2.41. The first-order chi connectivity index (χ1) is 6.41. The van der Waals surface area contributed by atoms with Gasteiger partial charge < -0.3 is 10.6 Å². The minimum Gasteiger partial charge on any atom is -0.342 e. The molecule has 1 aliphatic rings. The number of nitrogens with two attached hydrogens (primary N) is 1. The fraction of sp³-hybridized carbons (Fsp3) is 0.909. The molecule has 2 N–H and O–H groups in total. The van der Waals surface area contributed by atoms with E-state index < -0.39 is 0 Å². The maximum atomic E-state index is 11.7. The van der Waals surface area contributed by atoms with Gasteiger partial charge in [0.15, 0.2) is 0 Å². The first-order valence-corrected chi connectivity index (χ1v) is 5.44. The van der Waals surface area contributed by atoms with Crippen molar-refractivity contribution in [1.29, 1.82) is 0 Å². The molecule has 0 saturated carbocycles. The largest absolute Gasteiger partial charge is 0.342 e. The van der Waals surface area contributed by atoms with Gasteiger partial charge in [0, 0.05) is 25.6 Å². The normalized spacial score (nSPS) is 22.4. The molecular formula is C11H22N2O. The molecule has 0 aromatic rings. The van der Waals surface area contributed by atoms with Gasteiger partial charge in [-0.05, 0) is 25.2 Å². The lowest BCUT2D eigenvalue weighted by molar-refractivity contribution is -0.130. The highest BCUT2D eigenvalue weighted by molar-refractivity contribution is 5.76. The highest BCUT2D eigenvalue weighted by Crippen LogP contribution is 2.29. The van der Waals surface area contributed by atoms with E-state index in [2.05, 4.69) is 13.8 Å². The van der Waals surface area contributed by atoms with Crippen molar-refractivity contribution in [2.75, 3.05) is 13.1 Å². The average molecular weight is 198 g/mol. The van der Waals surface area contributed by atoms with E-state index in [1.165, 1.54) is 0 Å². The van der Waals surface area contributed by atoms with Crippen LogP contribution in [0.4, 0.5) is 0 Å². The molecular weight excluding hydrogens is 176 g/mol. The number of hydrogen-bond donors (Lipinski definition) is 1. The van der Waals surface area contributed by atoms with Crippen LogP contribution in [0.3, 0.4) is 0 Å². The SMILES string of the molecule is CC(N)CCC(=O)N1CCC(C)(C)C1. The summed E-state index contributed by atoms with van der Waals surface area (Å²) >= 11 is 0. The highest BCUT2D eigenvalue weighted by Gasteiger charge is 2.31. The third-order valence-electron chi connectivity index (χ3n) is 2.84. The molecule has 0 bridgehead atoms. The van der Waals surface area contributed by atoms with Crippen LogP contribution in [0.5, 0.6) is 0 Å². The third-order valence-corrected chi connectivity index (χ3v) is 2.84. The molecule has 1 aliphatic heterocycles. The Bertz CT molecular complexity index is 211. The Morgan fingerprint density at radius 3 is 2.64 bits per heavy atom. The maximum absolute atomic E-state index is 11.7. The van der Waals surface area contributed by atoms with E-state index in [1.54, 1.807) is 0 Å². The molecule has 1 amide bonds. The molecule has 1 heterocycles. The molecule has 0 aromatic heterocycles. The Kier molecular flexibility index (Phi) is 3.53. The molecule has 1 rings (SSSR count). The predicted molar refractivity (Wildman–Crippen MR) is 57.9 cm³/mol. The quantitative estimate of drug-likeness (QED) is 0.744. The number of nitrogens with zero attached hydrogens (tertiary/aromatic N) is 1. The Morgan fingerprint density at radius 2 is 2.21 bits per heavy atom. The van der Waals surface area contributed by atoms with Crippen LogP contribution in [0.15, 0.2) is 0 Å². The smallest absolute Gasteiger partial charge is 0.222 e. The van der Waals surface area contributed by atoms with Gasteiger partial charge in [0.2, 0.25) is 5.91 Å². The third kappa shape index (κ3) is 3.29. The molecule has 3 heteroatoms. The number of carbonyl (C=O) groups is 1. The van der Waals surface area contributed by atoms with Gasteiger partial charge in [-0.1, -0.05) is 13.8 Å². The van der Waals surface area contributed by atoms with E-state index in [1.807, 2.05) is 11.8 Å². The molecule has 1 unspecified atom stereocenters. The van der Waals surface area contributed by atoms with Crippen LogP contribution in [0.25, 0.3) is 0 Å². The van der Waals surface area contributed by atoms with Gasteiger partial charge >= 0.3 is 0 Å². The lowest BCUT2D eigenvalue weighted by Crippen LogP contribution is -2.31. The van der Waals surface area contributed by atoms with Crippen LogP contribution in [-0.4, -0.2) is 29.9 Å². The molecule has 1 atom stereocenters. The molecule has 3 nitrogen and oxygen atoms in total. The molecule has 82 valence electrons. The van der Waals surface area contributed by atoms with E-state index in [0.29, 0.717) is 11.8 Å². The highest BCUT2D eigenvalue weighted by atomic mass is 16.2. The summed E-state index contributed by atoms with van der Waals surface area (Å²) in [4.78, 5) is 13.7. The van der Waals surface area contributed by atoms with Gasteiger partial charge in [-0.25, -0.2) is 0 Å². The van der Waals surface area contributed by atoms with Crippen LogP contribution in [0.1, 0.15) is 40.0 Å². The van der Waals surface area contributed by atoms with Crippen molar-refractivity contribution in [2.45, 2.75) is 46.1 Å². The number of hydrogen-bond acceptors (Lipinski definition) is 2. The van der Waals surface area contributed by atoms with Crippen LogP contribution in [0.2, 0.25) is 0 Å². The monoisotopic (exact) mass is 198 g/mol. The standard InChI is InChI=1S/C11H22N2O/c1-9(12)4-5-10(14)13-7-6-11(2,3)8-13/h9H,4-8,12H2,1-3H3. The number of carbonyl (C=O) groups excluding carboxylic acids is 1. The zero-order valence-corrected chi connectivity index (χ0v) is 9.55. The van der Waals surface area contributed by atoms with Gasteiger partial charge in [0.1, 0.15) is 0 Å². The zero-order chi connectivity index (χ0) is 10.8. The van der Waals surface area contributed by atoms with Crippen LogP contribution in [0, 0.1) is 5.41 Å². The van der Waals surface area contributed by atoms with E-state index in [-0.39, 0.29) is 11.9 Å². The zero-order valence-electron chi connectivity index (χ0n) is 9.55. The second kappa shape index (κ2) is 4.30. The predicted octanol–water partition coefficient (Wildman–Crippen LogP) is 1.37. The first kappa shape index (κ1) is 11.5. The number of likely N-dealkylation sites (tertiary alicyclic amines) is 1. The fourth-order valence-electron chi connectivity index (χ4n) is 1.83. The minimum atomic E-state index is 0.134. The minimum absolute atomic E-state index is 0.134. The van der Waals surface area contributed by atoms with Gasteiger partial charge in [-0.3, -0.25) is 4.79 Å².